The highest BCUT2D eigenvalue weighted by Gasteiger charge is 2.46. The Morgan fingerprint density at radius 3 is 1.50 bits per heavy atom. The number of benzene rings is 11. The predicted octanol–water partition coefficient (Wildman–Crippen LogP) is 17.8. The molecule has 0 saturated heterocycles. The van der Waals surface area contributed by atoms with E-state index in [1.807, 2.05) is 12.1 Å². The lowest BCUT2D eigenvalue weighted by Crippen LogP contribution is -2.28. The van der Waals surface area contributed by atoms with Gasteiger partial charge in [0.2, 0.25) is 0 Å². The van der Waals surface area contributed by atoms with Crippen LogP contribution in [0.1, 0.15) is 22.3 Å². The molecule has 13 aromatic rings. The summed E-state index contributed by atoms with van der Waals surface area (Å²) in [5, 5.41) is 4.66. The summed E-state index contributed by atoms with van der Waals surface area (Å²) in [6.07, 6.45) is 0. The third-order valence-corrected chi connectivity index (χ3v) is 14.7. The first-order valence-corrected chi connectivity index (χ1v) is 24.1. The molecule has 11 aromatic carbocycles. The van der Waals surface area contributed by atoms with Crippen LogP contribution in [0, 0.1) is 0 Å². The number of hydrogen-bond acceptors (Lipinski definition) is 2. The van der Waals surface area contributed by atoms with E-state index in [9.17, 15) is 0 Å². The fourth-order valence-electron chi connectivity index (χ4n) is 11.5. The Kier molecular flexibility index (Phi) is 9.11. The van der Waals surface area contributed by atoms with E-state index in [-0.39, 0.29) is 0 Å². The topological polar surface area (TPSA) is 21.3 Å². The summed E-state index contributed by atoms with van der Waals surface area (Å²) in [6, 6.07) is 97.3. The Morgan fingerprint density at radius 2 is 0.814 bits per heavy atom. The third kappa shape index (κ3) is 6.15. The van der Waals surface area contributed by atoms with Gasteiger partial charge in [-0.2, -0.15) is 0 Å². The molecule has 2 heterocycles. The minimum atomic E-state index is -0.500. The van der Waals surface area contributed by atoms with Crippen molar-refractivity contribution in [2.75, 3.05) is 4.90 Å². The first kappa shape index (κ1) is 39.9. The van der Waals surface area contributed by atoms with Crippen molar-refractivity contribution in [1.82, 2.24) is 4.57 Å². The molecule has 0 N–H and O–H groups in total. The van der Waals surface area contributed by atoms with Gasteiger partial charge in [0, 0.05) is 50.4 Å². The van der Waals surface area contributed by atoms with E-state index in [2.05, 4.69) is 264 Å². The second-order valence-corrected chi connectivity index (χ2v) is 18.4. The molecule has 14 rings (SSSR count). The van der Waals surface area contributed by atoms with Crippen molar-refractivity contribution in [1.29, 1.82) is 0 Å². The van der Waals surface area contributed by atoms with Gasteiger partial charge in [-0.05, 0) is 134 Å². The highest BCUT2D eigenvalue weighted by Crippen LogP contribution is 2.56. The van der Waals surface area contributed by atoms with E-state index >= 15 is 0 Å². The molecule has 0 fully saturated rings. The number of aromatic nitrogens is 1. The molecule has 1 aliphatic carbocycles. The van der Waals surface area contributed by atoms with Crippen molar-refractivity contribution in [2.24, 2.45) is 0 Å². The number of furan rings is 1. The van der Waals surface area contributed by atoms with E-state index in [1.54, 1.807) is 0 Å². The fraction of sp³-hybridized carbons (Fsp3) is 0.0149. The zero-order valence-corrected chi connectivity index (χ0v) is 38.2. The van der Waals surface area contributed by atoms with E-state index in [0.717, 1.165) is 55.8 Å². The average Bonchev–Trinajstić information content (AvgIpc) is 4.08. The van der Waals surface area contributed by atoms with Crippen molar-refractivity contribution in [3.63, 3.8) is 0 Å². The van der Waals surface area contributed by atoms with Crippen molar-refractivity contribution in [2.45, 2.75) is 5.41 Å². The Bertz CT molecular complexity index is 4050. The van der Waals surface area contributed by atoms with Crippen molar-refractivity contribution < 1.29 is 4.42 Å². The number of para-hydroxylation sites is 2. The summed E-state index contributed by atoms with van der Waals surface area (Å²) in [7, 11) is 0. The van der Waals surface area contributed by atoms with Crippen LogP contribution >= 0.6 is 0 Å². The minimum absolute atomic E-state index is 0.500. The Morgan fingerprint density at radius 1 is 0.314 bits per heavy atom. The highest BCUT2D eigenvalue weighted by molar-refractivity contribution is 6.11. The molecule has 0 bridgehead atoms. The summed E-state index contributed by atoms with van der Waals surface area (Å²) >= 11 is 0. The molecule has 0 spiro atoms. The number of anilines is 3. The molecular weight excluding hydrogens is 849 g/mol. The monoisotopic (exact) mass is 892 g/mol. The molecule has 0 saturated carbocycles. The van der Waals surface area contributed by atoms with Crippen molar-refractivity contribution >= 4 is 60.8 Å². The van der Waals surface area contributed by atoms with E-state index in [1.165, 1.54) is 66.3 Å². The quantitative estimate of drug-likeness (QED) is 0.152. The Hall–Kier alpha value is -9.18. The van der Waals surface area contributed by atoms with E-state index in [4.69, 9.17) is 4.42 Å². The highest BCUT2D eigenvalue weighted by atomic mass is 16.3. The Labute approximate surface area is 406 Å². The van der Waals surface area contributed by atoms with Gasteiger partial charge in [-0.3, -0.25) is 0 Å². The number of nitrogens with zero attached hydrogens (tertiary/aromatic N) is 2. The molecule has 0 unspecified atom stereocenters. The molecule has 0 amide bonds. The summed E-state index contributed by atoms with van der Waals surface area (Å²) in [5.74, 6) is 0. The summed E-state index contributed by atoms with van der Waals surface area (Å²) in [4.78, 5) is 2.32. The standard InChI is InChI=1S/C67H44N2O/c1-4-16-45(17-5-1)46-28-34-52(35-29-46)68(54-38-39-58-57-24-12-15-27-65(57)70-66(58)44-54)53-36-30-47(31-37-53)48-32-40-63-59(42-48)60-43-50(33-41-64(60)69(63)51-20-8-3-9-21-51)67(49-18-6-2-7-19-49)61-25-13-10-22-55(61)56-23-11-14-26-62(56)67/h1-44H. The largest absolute Gasteiger partial charge is 0.456 e. The average molecular weight is 893 g/mol. The van der Waals surface area contributed by atoms with Gasteiger partial charge in [0.1, 0.15) is 11.2 Å². The van der Waals surface area contributed by atoms with Gasteiger partial charge in [0.25, 0.3) is 0 Å². The molecule has 1 aliphatic rings. The first-order valence-electron chi connectivity index (χ1n) is 24.1. The van der Waals surface area contributed by atoms with Crippen molar-refractivity contribution in [3.05, 3.63) is 289 Å². The van der Waals surface area contributed by atoms with Gasteiger partial charge in [-0.15, -0.1) is 0 Å². The van der Waals surface area contributed by atoms with Gasteiger partial charge in [-0.1, -0.05) is 182 Å². The maximum atomic E-state index is 6.43. The van der Waals surface area contributed by atoms with Crippen LogP contribution in [0.4, 0.5) is 17.1 Å². The zero-order valence-electron chi connectivity index (χ0n) is 38.2. The minimum Gasteiger partial charge on any atom is -0.456 e. The number of hydrogen-bond donors (Lipinski definition) is 0. The lowest BCUT2D eigenvalue weighted by Gasteiger charge is -2.34. The van der Waals surface area contributed by atoms with Crippen LogP contribution < -0.4 is 4.90 Å². The first-order chi connectivity index (χ1) is 34.7. The lowest BCUT2D eigenvalue weighted by atomic mass is 9.67. The van der Waals surface area contributed by atoms with Gasteiger partial charge >= 0.3 is 0 Å². The summed E-state index contributed by atoms with van der Waals surface area (Å²) < 4.78 is 8.85. The van der Waals surface area contributed by atoms with Crippen LogP contribution in [0.15, 0.2) is 271 Å². The third-order valence-electron chi connectivity index (χ3n) is 14.7. The normalized spacial score (nSPS) is 12.7. The van der Waals surface area contributed by atoms with Crippen LogP contribution in [-0.4, -0.2) is 4.57 Å². The van der Waals surface area contributed by atoms with Crippen LogP contribution in [0.3, 0.4) is 0 Å². The number of rotatable bonds is 8. The Balaban J connectivity index is 0.921. The van der Waals surface area contributed by atoms with E-state index < -0.39 is 5.41 Å². The van der Waals surface area contributed by atoms with E-state index in [0.29, 0.717) is 0 Å². The maximum Gasteiger partial charge on any atom is 0.137 e. The molecule has 0 aliphatic heterocycles. The number of fused-ring (bicyclic) bond motifs is 9. The summed E-state index contributed by atoms with van der Waals surface area (Å²) in [5.41, 5.74) is 20.3. The fourth-order valence-corrected chi connectivity index (χ4v) is 11.5. The molecule has 0 atom stereocenters. The molecule has 0 radical (unpaired) electrons. The zero-order chi connectivity index (χ0) is 46.2. The van der Waals surface area contributed by atoms with Gasteiger partial charge in [0.15, 0.2) is 0 Å². The second kappa shape index (κ2) is 16.0. The smallest absolute Gasteiger partial charge is 0.137 e. The molecule has 3 heteroatoms. The second-order valence-electron chi connectivity index (χ2n) is 18.4. The summed E-state index contributed by atoms with van der Waals surface area (Å²) in [6.45, 7) is 0. The molecule has 328 valence electrons. The van der Waals surface area contributed by atoms with Crippen LogP contribution in [-0.2, 0) is 5.41 Å². The van der Waals surface area contributed by atoms with Crippen LogP contribution in [0.5, 0.6) is 0 Å². The molecule has 2 aromatic heterocycles. The lowest BCUT2D eigenvalue weighted by molar-refractivity contribution is 0.669. The molecular formula is C67H44N2O. The maximum absolute atomic E-state index is 6.43. The SMILES string of the molecule is c1ccc(-c2ccc(N(c3ccc(-c4ccc5c(c4)c4cc(C6(c7ccccc7)c7ccccc7-c7ccccc76)ccc4n5-c4ccccc4)cc3)c3ccc4c(c3)oc3ccccc34)cc2)cc1. The van der Waals surface area contributed by atoms with Crippen molar-refractivity contribution in [3.8, 4) is 39.1 Å². The van der Waals surface area contributed by atoms with Gasteiger partial charge < -0.3 is 13.9 Å². The predicted molar refractivity (Wildman–Crippen MR) is 291 cm³/mol. The molecule has 70 heavy (non-hydrogen) atoms. The van der Waals surface area contributed by atoms with Crippen LogP contribution in [0.2, 0.25) is 0 Å². The van der Waals surface area contributed by atoms with Gasteiger partial charge in [-0.25, -0.2) is 0 Å². The van der Waals surface area contributed by atoms with Gasteiger partial charge in [0.05, 0.1) is 16.4 Å². The molecule has 3 nitrogen and oxygen atoms in total. The van der Waals surface area contributed by atoms with Crippen LogP contribution in [0.25, 0.3) is 82.8 Å².